The van der Waals surface area contributed by atoms with Crippen molar-refractivity contribution in [1.82, 2.24) is 10.2 Å². The minimum Gasteiger partial charge on any atom is -0.384 e. The molecule has 0 aliphatic rings. The SMILES string of the molecule is Nc1[nH]ncc1-c1ccc(Cl)c(F)c1Br. The molecule has 0 aliphatic carbocycles. The Labute approximate surface area is 98.6 Å². The summed E-state index contributed by atoms with van der Waals surface area (Å²) in [6.45, 7) is 0. The second kappa shape index (κ2) is 3.83. The van der Waals surface area contributed by atoms with E-state index in [2.05, 4.69) is 26.1 Å². The van der Waals surface area contributed by atoms with Gasteiger partial charge >= 0.3 is 0 Å². The van der Waals surface area contributed by atoms with E-state index in [9.17, 15) is 4.39 Å². The van der Waals surface area contributed by atoms with Gasteiger partial charge in [0.2, 0.25) is 0 Å². The molecule has 0 bridgehead atoms. The standard InChI is InChI=1S/C9H6BrClFN3/c10-7-4(1-2-6(11)8(7)12)5-3-14-15-9(5)13/h1-3H,(H3,13,14,15). The van der Waals surface area contributed by atoms with Crippen LogP contribution in [0.4, 0.5) is 10.2 Å². The van der Waals surface area contributed by atoms with Crippen molar-refractivity contribution in [2.24, 2.45) is 0 Å². The first kappa shape index (κ1) is 10.4. The van der Waals surface area contributed by atoms with Gasteiger partial charge in [0.15, 0.2) is 5.82 Å². The molecule has 0 aliphatic heterocycles. The van der Waals surface area contributed by atoms with Crippen LogP contribution in [0.1, 0.15) is 0 Å². The number of rotatable bonds is 1. The lowest BCUT2D eigenvalue weighted by molar-refractivity contribution is 0.622. The van der Waals surface area contributed by atoms with Crippen LogP contribution in [0.5, 0.6) is 0 Å². The molecule has 0 saturated carbocycles. The molecule has 2 aromatic rings. The number of anilines is 1. The third kappa shape index (κ3) is 1.72. The number of aromatic nitrogens is 2. The van der Waals surface area contributed by atoms with E-state index in [1.165, 1.54) is 12.3 Å². The summed E-state index contributed by atoms with van der Waals surface area (Å²) in [5.74, 6) is -0.118. The van der Waals surface area contributed by atoms with Gasteiger partial charge in [-0.2, -0.15) is 5.10 Å². The van der Waals surface area contributed by atoms with Crippen molar-refractivity contribution in [1.29, 1.82) is 0 Å². The van der Waals surface area contributed by atoms with Crippen LogP contribution in [0.3, 0.4) is 0 Å². The number of benzene rings is 1. The van der Waals surface area contributed by atoms with Crippen molar-refractivity contribution in [3.8, 4) is 11.1 Å². The predicted octanol–water partition coefficient (Wildman–Crippen LogP) is 3.21. The summed E-state index contributed by atoms with van der Waals surface area (Å²) in [7, 11) is 0. The summed E-state index contributed by atoms with van der Waals surface area (Å²) in [4.78, 5) is 0. The van der Waals surface area contributed by atoms with Gasteiger partial charge in [-0.25, -0.2) is 4.39 Å². The smallest absolute Gasteiger partial charge is 0.156 e. The Balaban J connectivity index is 2.65. The average Bonchev–Trinajstić information content (AvgIpc) is 2.62. The number of H-pyrrole nitrogens is 1. The summed E-state index contributed by atoms with van der Waals surface area (Å²) >= 11 is 8.76. The van der Waals surface area contributed by atoms with Crippen molar-refractivity contribution in [2.75, 3.05) is 5.73 Å². The molecule has 0 fully saturated rings. The molecule has 6 heteroatoms. The molecular formula is C9H6BrClFN3. The molecule has 0 unspecified atom stereocenters. The molecule has 1 heterocycles. The average molecular weight is 291 g/mol. The quantitative estimate of drug-likeness (QED) is 0.792. The Hall–Kier alpha value is -1.07. The Morgan fingerprint density at radius 2 is 2.13 bits per heavy atom. The van der Waals surface area contributed by atoms with E-state index in [1.54, 1.807) is 6.07 Å². The second-order valence-electron chi connectivity index (χ2n) is 2.92. The normalized spacial score (nSPS) is 10.6. The first-order valence-corrected chi connectivity index (χ1v) is 5.21. The second-order valence-corrected chi connectivity index (χ2v) is 4.12. The molecule has 78 valence electrons. The highest BCUT2D eigenvalue weighted by Gasteiger charge is 2.14. The number of nitrogens with two attached hydrogens (primary N) is 1. The number of hydrogen-bond donors (Lipinski definition) is 2. The number of hydrogen-bond acceptors (Lipinski definition) is 2. The van der Waals surface area contributed by atoms with E-state index in [0.717, 1.165) is 0 Å². The summed E-state index contributed by atoms with van der Waals surface area (Å²) in [6, 6.07) is 3.15. The molecule has 0 radical (unpaired) electrons. The predicted molar refractivity (Wildman–Crippen MR) is 61.1 cm³/mol. The number of halogens is 3. The first-order chi connectivity index (χ1) is 7.11. The maximum Gasteiger partial charge on any atom is 0.156 e. The monoisotopic (exact) mass is 289 g/mol. The Kier molecular flexibility index (Phi) is 2.67. The van der Waals surface area contributed by atoms with Crippen LogP contribution in [0.2, 0.25) is 5.02 Å². The Morgan fingerprint density at radius 1 is 1.40 bits per heavy atom. The molecule has 1 aromatic carbocycles. The molecular weight excluding hydrogens is 284 g/mol. The number of nitrogens with one attached hydrogen (secondary N) is 1. The van der Waals surface area contributed by atoms with E-state index >= 15 is 0 Å². The topological polar surface area (TPSA) is 54.7 Å². The molecule has 3 nitrogen and oxygen atoms in total. The Morgan fingerprint density at radius 3 is 2.73 bits per heavy atom. The number of nitrogen functional groups attached to an aromatic ring is 1. The van der Waals surface area contributed by atoms with Crippen LogP contribution < -0.4 is 5.73 Å². The van der Waals surface area contributed by atoms with Crippen LogP contribution in [0, 0.1) is 5.82 Å². The summed E-state index contributed by atoms with van der Waals surface area (Å²) in [5, 5.41) is 6.41. The third-order valence-electron chi connectivity index (χ3n) is 1.99. The number of nitrogens with zero attached hydrogens (tertiary/aromatic N) is 1. The van der Waals surface area contributed by atoms with Gasteiger partial charge in [0, 0.05) is 11.1 Å². The van der Waals surface area contributed by atoms with Crippen molar-refractivity contribution in [3.05, 3.63) is 33.6 Å². The van der Waals surface area contributed by atoms with Crippen LogP contribution in [-0.2, 0) is 0 Å². The maximum absolute atomic E-state index is 13.5. The largest absolute Gasteiger partial charge is 0.384 e. The highest BCUT2D eigenvalue weighted by atomic mass is 79.9. The van der Waals surface area contributed by atoms with E-state index in [-0.39, 0.29) is 9.50 Å². The highest BCUT2D eigenvalue weighted by molar-refractivity contribution is 9.10. The zero-order valence-corrected chi connectivity index (χ0v) is 9.73. The van der Waals surface area contributed by atoms with E-state index in [0.29, 0.717) is 16.9 Å². The van der Waals surface area contributed by atoms with Gasteiger partial charge in [0.1, 0.15) is 5.82 Å². The van der Waals surface area contributed by atoms with Crippen molar-refractivity contribution in [2.45, 2.75) is 0 Å². The van der Waals surface area contributed by atoms with Gasteiger partial charge in [-0.05, 0) is 22.0 Å². The van der Waals surface area contributed by atoms with Gasteiger partial charge in [0.05, 0.1) is 15.7 Å². The van der Waals surface area contributed by atoms with Crippen LogP contribution in [0.15, 0.2) is 22.8 Å². The summed E-state index contributed by atoms with van der Waals surface area (Å²) in [6.07, 6.45) is 1.53. The fraction of sp³-hybridized carbons (Fsp3) is 0. The van der Waals surface area contributed by atoms with E-state index in [4.69, 9.17) is 17.3 Å². The number of aromatic amines is 1. The van der Waals surface area contributed by atoms with Crippen LogP contribution in [-0.4, -0.2) is 10.2 Å². The maximum atomic E-state index is 13.5. The molecule has 0 saturated heterocycles. The molecule has 1 aromatic heterocycles. The molecule has 3 N–H and O–H groups in total. The van der Waals surface area contributed by atoms with Crippen LogP contribution in [0.25, 0.3) is 11.1 Å². The minimum atomic E-state index is -0.505. The van der Waals surface area contributed by atoms with E-state index in [1.807, 2.05) is 0 Å². The molecule has 15 heavy (non-hydrogen) atoms. The lowest BCUT2D eigenvalue weighted by atomic mass is 10.1. The van der Waals surface area contributed by atoms with Gasteiger partial charge in [0.25, 0.3) is 0 Å². The zero-order valence-electron chi connectivity index (χ0n) is 7.39. The van der Waals surface area contributed by atoms with Gasteiger partial charge in [-0.1, -0.05) is 17.7 Å². The van der Waals surface area contributed by atoms with E-state index < -0.39 is 5.82 Å². The lowest BCUT2D eigenvalue weighted by Crippen LogP contribution is -1.90. The van der Waals surface area contributed by atoms with Crippen molar-refractivity contribution < 1.29 is 4.39 Å². The van der Waals surface area contributed by atoms with Crippen molar-refractivity contribution in [3.63, 3.8) is 0 Å². The molecule has 2 rings (SSSR count). The zero-order chi connectivity index (χ0) is 11.0. The fourth-order valence-electron chi connectivity index (χ4n) is 1.24. The first-order valence-electron chi connectivity index (χ1n) is 4.04. The molecule has 0 atom stereocenters. The lowest BCUT2D eigenvalue weighted by Gasteiger charge is -2.05. The fourth-order valence-corrected chi connectivity index (χ4v) is 2.08. The summed E-state index contributed by atoms with van der Waals surface area (Å²) in [5.41, 5.74) is 6.89. The minimum absolute atomic E-state index is 0.0627. The van der Waals surface area contributed by atoms with Crippen LogP contribution >= 0.6 is 27.5 Å². The van der Waals surface area contributed by atoms with Gasteiger partial charge in [-0.3, -0.25) is 5.10 Å². The Bertz CT molecular complexity index is 512. The highest BCUT2D eigenvalue weighted by Crippen LogP contribution is 2.35. The summed E-state index contributed by atoms with van der Waals surface area (Å²) < 4.78 is 13.7. The van der Waals surface area contributed by atoms with Gasteiger partial charge < -0.3 is 5.73 Å². The van der Waals surface area contributed by atoms with Gasteiger partial charge in [-0.15, -0.1) is 0 Å². The molecule has 0 amide bonds. The van der Waals surface area contributed by atoms with Crippen molar-refractivity contribution >= 4 is 33.3 Å². The third-order valence-corrected chi connectivity index (χ3v) is 3.06. The molecule has 0 spiro atoms.